The van der Waals surface area contributed by atoms with Crippen molar-refractivity contribution in [1.29, 1.82) is 0 Å². The van der Waals surface area contributed by atoms with Crippen molar-refractivity contribution in [2.24, 2.45) is 5.73 Å². The Kier molecular flexibility index (Phi) is 4.18. The molecule has 0 aliphatic heterocycles. The molecule has 0 bridgehead atoms. The average molecular weight is 384 g/mol. The predicted molar refractivity (Wildman–Crippen MR) is 80.8 cm³/mol. The van der Waals surface area contributed by atoms with Crippen molar-refractivity contribution in [3.05, 3.63) is 61.7 Å². The van der Waals surface area contributed by atoms with E-state index in [0.29, 0.717) is 5.75 Å². The summed E-state index contributed by atoms with van der Waals surface area (Å²) >= 11 is 2.06. The number of hydrogen-bond acceptors (Lipinski definition) is 4. The number of nitro benzene ring substituents is 1. The molecule has 0 unspecified atom stereocenters. The zero-order valence-electron chi connectivity index (χ0n) is 10.1. The highest BCUT2D eigenvalue weighted by Crippen LogP contribution is 2.33. The van der Waals surface area contributed by atoms with E-state index in [1.54, 1.807) is 12.1 Å². The number of hydrogen-bond donors (Lipinski definition) is 1. The number of benzene rings is 2. The van der Waals surface area contributed by atoms with Crippen molar-refractivity contribution >= 4 is 34.2 Å². The van der Waals surface area contributed by atoms with Gasteiger partial charge in [-0.3, -0.25) is 14.9 Å². The summed E-state index contributed by atoms with van der Waals surface area (Å²) in [6.45, 7) is 0. The van der Waals surface area contributed by atoms with Crippen LogP contribution in [0.2, 0.25) is 0 Å². The molecule has 2 aromatic carbocycles. The summed E-state index contributed by atoms with van der Waals surface area (Å²) in [5.41, 5.74) is 4.86. The number of carbonyl (C=O) groups is 1. The van der Waals surface area contributed by atoms with E-state index in [-0.39, 0.29) is 17.0 Å². The number of ether oxygens (including phenoxy) is 1. The maximum atomic E-state index is 11.1. The summed E-state index contributed by atoms with van der Waals surface area (Å²) in [6.07, 6.45) is 0. The highest BCUT2D eigenvalue weighted by molar-refractivity contribution is 14.1. The first-order valence-electron chi connectivity index (χ1n) is 5.49. The Bertz CT molecular complexity index is 688. The SMILES string of the molecule is NC(=O)c1ccc(Oc2ccccc2I)c([N+](=O)[O-])c1. The quantitative estimate of drug-likeness (QED) is 0.498. The van der Waals surface area contributed by atoms with Crippen LogP contribution in [0, 0.1) is 13.7 Å². The van der Waals surface area contributed by atoms with Crippen LogP contribution in [0.15, 0.2) is 42.5 Å². The molecule has 0 radical (unpaired) electrons. The number of nitrogens with zero attached hydrogens (tertiary/aromatic N) is 1. The fourth-order valence-corrected chi connectivity index (χ4v) is 2.04. The Morgan fingerprint density at radius 2 is 1.90 bits per heavy atom. The summed E-state index contributed by atoms with van der Waals surface area (Å²) in [6, 6.07) is 11.0. The Balaban J connectivity index is 2.44. The van der Waals surface area contributed by atoms with Gasteiger partial charge in [-0.15, -0.1) is 0 Å². The average Bonchev–Trinajstić information content (AvgIpc) is 2.41. The maximum Gasteiger partial charge on any atom is 0.312 e. The highest BCUT2D eigenvalue weighted by atomic mass is 127. The van der Waals surface area contributed by atoms with Gasteiger partial charge in [0, 0.05) is 11.6 Å². The van der Waals surface area contributed by atoms with E-state index in [1.807, 2.05) is 12.1 Å². The summed E-state index contributed by atoms with van der Waals surface area (Å²) < 4.78 is 6.35. The Hall–Kier alpha value is -2.16. The van der Waals surface area contributed by atoms with E-state index >= 15 is 0 Å². The van der Waals surface area contributed by atoms with Gasteiger partial charge in [0.15, 0.2) is 0 Å². The summed E-state index contributed by atoms with van der Waals surface area (Å²) in [7, 11) is 0. The van der Waals surface area contributed by atoms with Gasteiger partial charge in [-0.05, 0) is 46.9 Å². The first-order valence-corrected chi connectivity index (χ1v) is 6.57. The topological polar surface area (TPSA) is 95.5 Å². The maximum absolute atomic E-state index is 11.1. The number of para-hydroxylation sites is 1. The first-order chi connectivity index (χ1) is 9.49. The Labute approximate surface area is 127 Å². The molecule has 2 aromatic rings. The molecule has 0 spiro atoms. The molecule has 0 fully saturated rings. The van der Waals surface area contributed by atoms with Crippen LogP contribution in [-0.4, -0.2) is 10.8 Å². The summed E-state index contributed by atoms with van der Waals surface area (Å²) in [5, 5.41) is 11.0. The van der Waals surface area contributed by atoms with Gasteiger partial charge in [-0.2, -0.15) is 0 Å². The van der Waals surface area contributed by atoms with Crippen LogP contribution in [0.1, 0.15) is 10.4 Å². The zero-order valence-corrected chi connectivity index (χ0v) is 12.2. The molecule has 20 heavy (non-hydrogen) atoms. The lowest BCUT2D eigenvalue weighted by atomic mass is 10.2. The van der Waals surface area contributed by atoms with E-state index in [0.717, 1.165) is 9.64 Å². The van der Waals surface area contributed by atoms with Crippen molar-refractivity contribution in [3.8, 4) is 11.5 Å². The van der Waals surface area contributed by atoms with Crippen LogP contribution in [-0.2, 0) is 0 Å². The normalized spacial score (nSPS) is 10.1. The molecule has 1 amide bonds. The highest BCUT2D eigenvalue weighted by Gasteiger charge is 2.19. The number of rotatable bonds is 4. The van der Waals surface area contributed by atoms with Crippen LogP contribution < -0.4 is 10.5 Å². The van der Waals surface area contributed by atoms with Crippen molar-refractivity contribution in [2.75, 3.05) is 0 Å². The zero-order chi connectivity index (χ0) is 14.7. The molecule has 0 aliphatic rings. The summed E-state index contributed by atoms with van der Waals surface area (Å²) in [5.74, 6) is -0.166. The van der Waals surface area contributed by atoms with E-state index < -0.39 is 10.8 Å². The van der Waals surface area contributed by atoms with Gasteiger partial charge in [0.1, 0.15) is 5.75 Å². The number of amides is 1. The fraction of sp³-hybridized carbons (Fsp3) is 0. The number of primary amides is 1. The van der Waals surface area contributed by atoms with Gasteiger partial charge in [0.25, 0.3) is 0 Å². The minimum absolute atomic E-state index is 0.0594. The molecule has 0 heterocycles. The third-order valence-electron chi connectivity index (χ3n) is 2.50. The van der Waals surface area contributed by atoms with Crippen molar-refractivity contribution in [1.82, 2.24) is 0 Å². The monoisotopic (exact) mass is 384 g/mol. The van der Waals surface area contributed by atoms with E-state index in [1.165, 1.54) is 12.1 Å². The van der Waals surface area contributed by atoms with Crippen LogP contribution in [0.4, 0.5) is 5.69 Å². The third kappa shape index (κ3) is 3.05. The van der Waals surface area contributed by atoms with E-state index in [9.17, 15) is 14.9 Å². The second-order valence-electron chi connectivity index (χ2n) is 3.84. The molecule has 7 heteroatoms. The van der Waals surface area contributed by atoms with Gasteiger partial charge >= 0.3 is 5.69 Å². The molecule has 102 valence electrons. The molecule has 0 saturated carbocycles. The van der Waals surface area contributed by atoms with Gasteiger partial charge in [-0.25, -0.2) is 0 Å². The second kappa shape index (κ2) is 5.87. The number of nitro groups is 1. The lowest BCUT2D eigenvalue weighted by Gasteiger charge is -2.08. The molecule has 2 N–H and O–H groups in total. The third-order valence-corrected chi connectivity index (χ3v) is 3.39. The fourth-order valence-electron chi connectivity index (χ4n) is 1.55. The number of nitrogens with two attached hydrogens (primary N) is 1. The molecule has 0 aromatic heterocycles. The standard InChI is InChI=1S/C13H9IN2O4/c14-9-3-1-2-4-11(9)20-12-6-5-8(13(15)17)7-10(12)16(18)19/h1-7H,(H2,15,17). The van der Waals surface area contributed by atoms with Crippen molar-refractivity contribution in [2.45, 2.75) is 0 Å². The van der Waals surface area contributed by atoms with Crippen LogP contribution in [0.5, 0.6) is 11.5 Å². The van der Waals surface area contributed by atoms with E-state index in [4.69, 9.17) is 10.5 Å². The smallest absolute Gasteiger partial charge is 0.312 e. The lowest BCUT2D eigenvalue weighted by molar-refractivity contribution is -0.385. The first kappa shape index (κ1) is 14.3. The van der Waals surface area contributed by atoms with Gasteiger partial charge < -0.3 is 10.5 Å². The molecule has 2 rings (SSSR count). The molecule has 0 saturated heterocycles. The molecular weight excluding hydrogens is 375 g/mol. The van der Waals surface area contributed by atoms with Crippen LogP contribution in [0.25, 0.3) is 0 Å². The predicted octanol–water partition coefficient (Wildman–Crippen LogP) is 3.09. The molecule has 0 aliphatic carbocycles. The molecule has 6 nitrogen and oxygen atoms in total. The molecular formula is C13H9IN2O4. The lowest BCUT2D eigenvalue weighted by Crippen LogP contribution is -2.11. The van der Waals surface area contributed by atoms with Gasteiger partial charge in [0.05, 0.1) is 8.49 Å². The van der Waals surface area contributed by atoms with Crippen LogP contribution in [0.3, 0.4) is 0 Å². The molecule has 0 atom stereocenters. The number of carbonyl (C=O) groups excluding carboxylic acids is 1. The minimum atomic E-state index is -0.728. The minimum Gasteiger partial charge on any atom is -0.449 e. The van der Waals surface area contributed by atoms with Crippen molar-refractivity contribution < 1.29 is 14.5 Å². The van der Waals surface area contributed by atoms with Gasteiger partial charge in [-0.1, -0.05) is 12.1 Å². The van der Waals surface area contributed by atoms with Crippen LogP contribution >= 0.6 is 22.6 Å². The second-order valence-corrected chi connectivity index (χ2v) is 5.00. The largest absolute Gasteiger partial charge is 0.449 e. The Morgan fingerprint density at radius 3 is 2.50 bits per heavy atom. The summed E-state index contributed by atoms with van der Waals surface area (Å²) in [4.78, 5) is 21.5. The number of halogens is 1. The van der Waals surface area contributed by atoms with E-state index in [2.05, 4.69) is 22.6 Å². The Morgan fingerprint density at radius 1 is 1.20 bits per heavy atom. The van der Waals surface area contributed by atoms with Gasteiger partial charge in [0.2, 0.25) is 11.7 Å². The van der Waals surface area contributed by atoms with Crippen molar-refractivity contribution in [3.63, 3.8) is 0 Å².